The van der Waals surface area contributed by atoms with Crippen LogP contribution in [0.1, 0.15) is 26.0 Å². The second kappa shape index (κ2) is 8.89. The summed E-state index contributed by atoms with van der Waals surface area (Å²) < 4.78 is 5.10. The molecule has 1 rings (SSSR count). The van der Waals surface area contributed by atoms with Gasteiger partial charge in [-0.25, -0.2) is 4.98 Å². The summed E-state index contributed by atoms with van der Waals surface area (Å²) in [7, 11) is 1.64. The van der Waals surface area contributed by atoms with Gasteiger partial charge in [0.15, 0.2) is 0 Å². The quantitative estimate of drug-likeness (QED) is 0.680. The van der Waals surface area contributed by atoms with Crippen LogP contribution in [0.2, 0.25) is 0 Å². The standard InChI is InChI=1S/C14H25N3O/c1-4-17(5-2)11-7-10-15-12-13-8-6-9-14(16-13)18-3/h6,8-9,15H,4-5,7,10-12H2,1-3H3. The average molecular weight is 251 g/mol. The molecule has 0 unspecified atom stereocenters. The zero-order chi connectivity index (χ0) is 13.2. The van der Waals surface area contributed by atoms with Crippen LogP contribution >= 0.6 is 0 Å². The molecule has 4 heteroatoms. The van der Waals surface area contributed by atoms with Crippen LogP contribution in [-0.4, -0.2) is 43.2 Å². The van der Waals surface area contributed by atoms with Crippen molar-refractivity contribution in [3.05, 3.63) is 23.9 Å². The lowest BCUT2D eigenvalue weighted by Gasteiger charge is -2.17. The number of hydrogen-bond acceptors (Lipinski definition) is 4. The van der Waals surface area contributed by atoms with Gasteiger partial charge in [0.25, 0.3) is 0 Å². The van der Waals surface area contributed by atoms with E-state index in [2.05, 4.69) is 29.0 Å². The van der Waals surface area contributed by atoms with Crippen molar-refractivity contribution < 1.29 is 4.74 Å². The molecule has 1 N–H and O–H groups in total. The Bertz CT molecular complexity index is 327. The lowest BCUT2D eigenvalue weighted by atomic mass is 10.3. The van der Waals surface area contributed by atoms with E-state index in [4.69, 9.17) is 4.74 Å². The van der Waals surface area contributed by atoms with Crippen LogP contribution in [0.25, 0.3) is 0 Å². The van der Waals surface area contributed by atoms with Gasteiger partial charge >= 0.3 is 0 Å². The Morgan fingerprint density at radius 3 is 2.72 bits per heavy atom. The first kappa shape index (κ1) is 14.9. The molecule has 0 aliphatic heterocycles. The molecule has 0 aromatic carbocycles. The van der Waals surface area contributed by atoms with E-state index in [1.807, 2.05) is 18.2 Å². The van der Waals surface area contributed by atoms with E-state index in [1.165, 1.54) is 6.42 Å². The van der Waals surface area contributed by atoms with Crippen molar-refractivity contribution in [3.63, 3.8) is 0 Å². The summed E-state index contributed by atoms with van der Waals surface area (Å²) in [4.78, 5) is 6.80. The first-order chi connectivity index (χ1) is 8.80. The minimum Gasteiger partial charge on any atom is -0.481 e. The highest BCUT2D eigenvalue weighted by Crippen LogP contribution is 2.05. The van der Waals surface area contributed by atoms with E-state index >= 15 is 0 Å². The first-order valence-corrected chi connectivity index (χ1v) is 6.73. The smallest absolute Gasteiger partial charge is 0.213 e. The molecule has 102 valence electrons. The van der Waals surface area contributed by atoms with Gasteiger partial charge in [0.05, 0.1) is 12.8 Å². The summed E-state index contributed by atoms with van der Waals surface area (Å²) in [6.45, 7) is 9.66. The van der Waals surface area contributed by atoms with Crippen molar-refractivity contribution in [1.82, 2.24) is 15.2 Å². The van der Waals surface area contributed by atoms with Crippen molar-refractivity contribution in [2.45, 2.75) is 26.8 Å². The molecule has 1 aromatic heterocycles. The lowest BCUT2D eigenvalue weighted by molar-refractivity contribution is 0.298. The van der Waals surface area contributed by atoms with E-state index in [1.54, 1.807) is 7.11 Å². The van der Waals surface area contributed by atoms with Gasteiger partial charge in [-0.05, 0) is 38.7 Å². The Labute approximate surface area is 110 Å². The Kier molecular flexibility index (Phi) is 7.37. The zero-order valence-corrected chi connectivity index (χ0v) is 11.8. The maximum absolute atomic E-state index is 5.10. The lowest BCUT2D eigenvalue weighted by Crippen LogP contribution is -2.27. The minimum absolute atomic E-state index is 0.678. The number of nitrogens with one attached hydrogen (secondary N) is 1. The summed E-state index contributed by atoms with van der Waals surface area (Å²) in [5.74, 6) is 0.678. The van der Waals surface area contributed by atoms with Crippen LogP contribution in [0.4, 0.5) is 0 Å². The molecule has 4 nitrogen and oxygen atoms in total. The predicted molar refractivity (Wildman–Crippen MR) is 74.9 cm³/mol. The third-order valence-electron chi connectivity index (χ3n) is 3.02. The average Bonchev–Trinajstić information content (AvgIpc) is 2.43. The molecule has 0 bridgehead atoms. The molecule has 0 amide bonds. The molecular weight excluding hydrogens is 226 g/mol. The van der Waals surface area contributed by atoms with Crippen LogP contribution in [-0.2, 0) is 6.54 Å². The number of hydrogen-bond donors (Lipinski definition) is 1. The largest absolute Gasteiger partial charge is 0.481 e. The SMILES string of the molecule is CCN(CC)CCCNCc1cccc(OC)n1. The van der Waals surface area contributed by atoms with Gasteiger partial charge in [-0.15, -0.1) is 0 Å². The van der Waals surface area contributed by atoms with Gasteiger partial charge in [0.2, 0.25) is 5.88 Å². The van der Waals surface area contributed by atoms with Crippen molar-refractivity contribution in [2.75, 3.05) is 33.3 Å². The molecule has 0 saturated carbocycles. The molecule has 0 aliphatic rings. The monoisotopic (exact) mass is 251 g/mol. The number of pyridine rings is 1. The normalized spacial score (nSPS) is 10.9. The Balaban J connectivity index is 2.17. The van der Waals surface area contributed by atoms with E-state index in [0.717, 1.165) is 38.4 Å². The second-order valence-electron chi connectivity index (χ2n) is 4.23. The highest BCUT2D eigenvalue weighted by atomic mass is 16.5. The van der Waals surface area contributed by atoms with E-state index in [9.17, 15) is 0 Å². The van der Waals surface area contributed by atoms with Gasteiger partial charge < -0.3 is 15.0 Å². The topological polar surface area (TPSA) is 37.4 Å². The van der Waals surface area contributed by atoms with Gasteiger partial charge in [0, 0.05) is 12.6 Å². The van der Waals surface area contributed by atoms with Crippen LogP contribution in [0, 0.1) is 0 Å². The molecule has 1 heterocycles. The fourth-order valence-corrected chi connectivity index (χ4v) is 1.85. The third kappa shape index (κ3) is 5.47. The fraction of sp³-hybridized carbons (Fsp3) is 0.643. The van der Waals surface area contributed by atoms with Gasteiger partial charge in [-0.1, -0.05) is 19.9 Å². The molecule has 0 fully saturated rings. The van der Waals surface area contributed by atoms with Gasteiger partial charge in [-0.2, -0.15) is 0 Å². The van der Waals surface area contributed by atoms with E-state index < -0.39 is 0 Å². The maximum Gasteiger partial charge on any atom is 0.213 e. The molecule has 0 spiro atoms. The molecule has 18 heavy (non-hydrogen) atoms. The number of aromatic nitrogens is 1. The fourth-order valence-electron chi connectivity index (χ4n) is 1.85. The third-order valence-corrected chi connectivity index (χ3v) is 3.02. The number of nitrogens with zero attached hydrogens (tertiary/aromatic N) is 2. The summed E-state index contributed by atoms with van der Waals surface area (Å²) in [5.41, 5.74) is 1.03. The molecule has 1 aromatic rings. The van der Waals surface area contributed by atoms with Crippen LogP contribution in [0.5, 0.6) is 5.88 Å². The van der Waals surface area contributed by atoms with Crippen LogP contribution in [0.15, 0.2) is 18.2 Å². The Hall–Kier alpha value is -1.13. The van der Waals surface area contributed by atoms with Gasteiger partial charge in [-0.3, -0.25) is 0 Å². The van der Waals surface area contributed by atoms with Gasteiger partial charge in [0.1, 0.15) is 0 Å². The van der Waals surface area contributed by atoms with Crippen LogP contribution in [0.3, 0.4) is 0 Å². The van der Waals surface area contributed by atoms with Crippen molar-refractivity contribution in [3.8, 4) is 5.88 Å². The minimum atomic E-state index is 0.678. The molecule has 0 saturated heterocycles. The van der Waals surface area contributed by atoms with E-state index in [-0.39, 0.29) is 0 Å². The molecule has 0 atom stereocenters. The maximum atomic E-state index is 5.10. The highest BCUT2D eigenvalue weighted by molar-refractivity contribution is 5.15. The van der Waals surface area contributed by atoms with E-state index in [0.29, 0.717) is 5.88 Å². The summed E-state index contributed by atoms with van der Waals surface area (Å²) >= 11 is 0. The molecule has 0 radical (unpaired) electrons. The van der Waals surface area contributed by atoms with Crippen molar-refractivity contribution in [2.24, 2.45) is 0 Å². The van der Waals surface area contributed by atoms with Crippen LogP contribution < -0.4 is 10.1 Å². The second-order valence-corrected chi connectivity index (χ2v) is 4.23. The summed E-state index contributed by atoms with van der Waals surface area (Å²) in [5, 5.41) is 3.41. The zero-order valence-electron chi connectivity index (χ0n) is 11.8. The molecular formula is C14H25N3O. The number of rotatable bonds is 9. The Morgan fingerprint density at radius 1 is 1.28 bits per heavy atom. The van der Waals surface area contributed by atoms with Crippen molar-refractivity contribution >= 4 is 0 Å². The number of methoxy groups -OCH3 is 1. The van der Waals surface area contributed by atoms with Crippen molar-refractivity contribution in [1.29, 1.82) is 0 Å². The Morgan fingerprint density at radius 2 is 2.06 bits per heavy atom. The predicted octanol–water partition coefficient (Wildman–Crippen LogP) is 1.91. The number of ether oxygens (including phenoxy) is 1. The highest BCUT2D eigenvalue weighted by Gasteiger charge is 1.99. The summed E-state index contributed by atoms with van der Waals surface area (Å²) in [6, 6.07) is 5.85. The first-order valence-electron chi connectivity index (χ1n) is 6.73. The summed E-state index contributed by atoms with van der Waals surface area (Å²) in [6.07, 6.45) is 1.17. The molecule has 0 aliphatic carbocycles.